The molecule has 0 unspecified atom stereocenters. The summed E-state index contributed by atoms with van der Waals surface area (Å²) in [5.74, 6) is -1.07. The quantitative estimate of drug-likeness (QED) is 0.472. The molecule has 0 N–H and O–H groups in total. The molecule has 1 aliphatic rings. The molecular weight excluding hydrogens is 346 g/mol. The minimum absolute atomic E-state index is 0.234. The third kappa shape index (κ3) is 3.21. The van der Waals surface area contributed by atoms with Crippen LogP contribution in [0, 0.1) is 0 Å². The van der Waals surface area contributed by atoms with E-state index in [9.17, 15) is 14.4 Å². The van der Waals surface area contributed by atoms with Crippen LogP contribution in [0.2, 0.25) is 0 Å². The molecule has 0 aliphatic carbocycles. The Morgan fingerprint density at radius 1 is 1.04 bits per heavy atom. The van der Waals surface area contributed by atoms with Crippen LogP contribution in [0.5, 0.6) is 0 Å². The zero-order chi connectivity index (χ0) is 19.6. The molecule has 0 atom stereocenters. The largest absolute Gasteiger partial charge is 0.495 e. The average molecular weight is 365 g/mol. The van der Waals surface area contributed by atoms with Gasteiger partial charge in [-0.2, -0.15) is 0 Å². The first-order chi connectivity index (χ1) is 13.0. The lowest BCUT2D eigenvalue weighted by atomic mass is 10.0. The predicted molar refractivity (Wildman–Crippen MR) is 101 cm³/mol. The zero-order valence-electron chi connectivity index (χ0n) is 15.3. The van der Waals surface area contributed by atoms with E-state index in [2.05, 4.69) is 0 Å². The molecule has 0 fully saturated rings. The van der Waals surface area contributed by atoms with Crippen LogP contribution in [-0.2, 0) is 19.1 Å². The fourth-order valence-corrected chi connectivity index (χ4v) is 3.09. The second-order valence-corrected chi connectivity index (χ2v) is 5.89. The van der Waals surface area contributed by atoms with E-state index in [4.69, 9.17) is 9.47 Å². The van der Waals surface area contributed by atoms with Crippen molar-refractivity contribution in [1.82, 2.24) is 0 Å². The van der Waals surface area contributed by atoms with Gasteiger partial charge < -0.3 is 9.47 Å². The summed E-state index contributed by atoms with van der Waals surface area (Å²) in [5, 5.41) is 0. The summed E-state index contributed by atoms with van der Waals surface area (Å²) < 4.78 is 10.5. The maximum Gasteiger partial charge on any atom is 0.338 e. The number of methoxy groups -OCH3 is 1. The number of hydrogen-bond acceptors (Lipinski definition) is 5. The number of esters is 1. The Hall–Kier alpha value is -3.41. The molecule has 1 heterocycles. The van der Waals surface area contributed by atoms with Crippen LogP contribution in [0.15, 0.2) is 48.5 Å². The summed E-state index contributed by atoms with van der Waals surface area (Å²) in [6.45, 7) is 3.25. The third-order valence-corrected chi connectivity index (χ3v) is 4.22. The molecule has 2 amide bonds. The van der Waals surface area contributed by atoms with Gasteiger partial charge in [0.1, 0.15) is 5.76 Å². The molecule has 6 heteroatoms. The molecule has 138 valence electrons. The summed E-state index contributed by atoms with van der Waals surface area (Å²) in [6, 6.07) is 13.9. The summed E-state index contributed by atoms with van der Waals surface area (Å²) in [5.41, 5.74) is 2.15. The molecule has 0 saturated carbocycles. The van der Waals surface area contributed by atoms with Crippen LogP contribution in [-0.4, -0.2) is 31.5 Å². The van der Waals surface area contributed by atoms with Crippen molar-refractivity contribution < 1.29 is 23.9 Å². The third-order valence-electron chi connectivity index (χ3n) is 4.22. The fourth-order valence-electron chi connectivity index (χ4n) is 3.09. The van der Waals surface area contributed by atoms with Crippen molar-refractivity contribution in [3.63, 3.8) is 0 Å². The number of benzene rings is 2. The average Bonchev–Trinajstić information content (AvgIpc) is 2.95. The van der Waals surface area contributed by atoms with Gasteiger partial charge in [-0.15, -0.1) is 0 Å². The van der Waals surface area contributed by atoms with Gasteiger partial charge in [0.25, 0.3) is 5.91 Å². The normalized spacial score (nSPS) is 14.6. The fraction of sp³-hybridized carbons (Fsp3) is 0.190. The molecule has 6 nitrogen and oxygen atoms in total. The van der Waals surface area contributed by atoms with Gasteiger partial charge >= 0.3 is 5.97 Å². The van der Waals surface area contributed by atoms with Crippen molar-refractivity contribution in [2.45, 2.75) is 13.8 Å². The van der Waals surface area contributed by atoms with Crippen LogP contribution in [0.4, 0.5) is 5.69 Å². The van der Waals surface area contributed by atoms with Gasteiger partial charge in [0.2, 0.25) is 5.91 Å². The van der Waals surface area contributed by atoms with Crippen molar-refractivity contribution in [3.8, 4) is 0 Å². The number of nitrogens with zero attached hydrogens (tertiary/aromatic N) is 1. The molecule has 0 aromatic heterocycles. The molecule has 1 aliphatic heterocycles. The van der Waals surface area contributed by atoms with E-state index in [1.54, 1.807) is 19.1 Å². The highest BCUT2D eigenvalue weighted by Gasteiger charge is 2.38. The number of anilines is 1. The SMILES string of the molecule is CCOC(=O)c1ccc2c(c1)N(C(C)=O)C(=O)/C2=C(\OC)c1ccccc1. The van der Waals surface area contributed by atoms with Gasteiger partial charge in [0.15, 0.2) is 0 Å². The van der Waals surface area contributed by atoms with Crippen molar-refractivity contribution >= 4 is 34.8 Å². The summed E-state index contributed by atoms with van der Waals surface area (Å²) in [4.78, 5) is 38.3. The molecular formula is C21H19NO5. The van der Waals surface area contributed by atoms with Crippen molar-refractivity contribution in [2.75, 3.05) is 18.6 Å². The van der Waals surface area contributed by atoms with E-state index in [0.717, 1.165) is 4.90 Å². The second kappa shape index (κ2) is 7.45. The van der Waals surface area contributed by atoms with Gasteiger partial charge in [0, 0.05) is 18.1 Å². The topological polar surface area (TPSA) is 72.9 Å². The van der Waals surface area contributed by atoms with Gasteiger partial charge in [-0.1, -0.05) is 36.4 Å². The first kappa shape index (κ1) is 18.4. The first-order valence-electron chi connectivity index (χ1n) is 8.49. The molecule has 0 bridgehead atoms. The number of rotatable bonds is 4. The van der Waals surface area contributed by atoms with Gasteiger partial charge in [-0.05, 0) is 19.1 Å². The highest BCUT2D eigenvalue weighted by atomic mass is 16.5. The van der Waals surface area contributed by atoms with E-state index in [1.807, 2.05) is 30.3 Å². The Kier molecular flexibility index (Phi) is 5.07. The Labute approximate surface area is 157 Å². The number of amides is 2. The second-order valence-electron chi connectivity index (χ2n) is 5.89. The molecule has 3 rings (SSSR count). The highest BCUT2D eigenvalue weighted by Crippen LogP contribution is 2.41. The molecule has 0 radical (unpaired) electrons. The molecule has 2 aromatic rings. The highest BCUT2D eigenvalue weighted by molar-refractivity contribution is 6.43. The smallest absolute Gasteiger partial charge is 0.338 e. The maximum absolute atomic E-state index is 13.0. The van der Waals surface area contributed by atoms with Crippen LogP contribution in [0.3, 0.4) is 0 Å². The van der Waals surface area contributed by atoms with E-state index in [0.29, 0.717) is 22.6 Å². The van der Waals surface area contributed by atoms with Crippen LogP contribution in [0.25, 0.3) is 11.3 Å². The molecule has 0 saturated heterocycles. The van der Waals surface area contributed by atoms with Crippen molar-refractivity contribution in [3.05, 3.63) is 65.2 Å². The molecule has 0 spiro atoms. The lowest BCUT2D eigenvalue weighted by Crippen LogP contribution is -2.31. The summed E-state index contributed by atoms with van der Waals surface area (Å²) in [7, 11) is 1.48. The van der Waals surface area contributed by atoms with E-state index >= 15 is 0 Å². The number of carbonyl (C=O) groups is 3. The zero-order valence-corrected chi connectivity index (χ0v) is 15.3. The maximum atomic E-state index is 13.0. The van der Waals surface area contributed by atoms with E-state index in [1.165, 1.54) is 20.1 Å². The number of imide groups is 1. The number of carbonyl (C=O) groups excluding carboxylic acids is 3. The van der Waals surface area contributed by atoms with Crippen LogP contribution in [0.1, 0.15) is 35.3 Å². The summed E-state index contributed by atoms with van der Waals surface area (Å²) >= 11 is 0. The minimum atomic E-state index is -0.510. The number of fused-ring (bicyclic) bond motifs is 1. The van der Waals surface area contributed by atoms with E-state index in [-0.39, 0.29) is 17.7 Å². The monoisotopic (exact) mass is 365 g/mol. The molecule has 27 heavy (non-hydrogen) atoms. The standard InChI is InChI=1S/C21H19NO5/c1-4-27-21(25)15-10-11-16-17(12-15)22(13(2)23)20(24)18(16)19(26-3)14-8-6-5-7-9-14/h5-12H,4H2,1-3H3/b19-18-. The van der Waals surface area contributed by atoms with E-state index < -0.39 is 17.8 Å². The van der Waals surface area contributed by atoms with Crippen LogP contribution < -0.4 is 4.90 Å². The Bertz CT molecular complexity index is 946. The predicted octanol–water partition coefficient (Wildman–Crippen LogP) is 3.27. The first-order valence-corrected chi connectivity index (χ1v) is 8.49. The van der Waals surface area contributed by atoms with Crippen LogP contribution >= 0.6 is 0 Å². The lowest BCUT2D eigenvalue weighted by molar-refractivity contribution is -0.122. The molecule has 2 aromatic carbocycles. The Balaban J connectivity index is 2.23. The van der Waals surface area contributed by atoms with Gasteiger partial charge in [-0.25, -0.2) is 9.69 Å². The lowest BCUT2D eigenvalue weighted by Gasteiger charge is -2.13. The number of hydrogen-bond donors (Lipinski definition) is 0. The Morgan fingerprint density at radius 3 is 2.33 bits per heavy atom. The summed E-state index contributed by atoms with van der Waals surface area (Å²) in [6.07, 6.45) is 0. The van der Waals surface area contributed by atoms with Gasteiger partial charge in [-0.3, -0.25) is 9.59 Å². The number of ether oxygens (including phenoxy) is 2. The Morgan fingerprint density at radius 2 is 1.74 bits per heavy atom. The van der Waals surface area contributed by atoms with Crippen molar-refractivity contribution in [2.24, 2.45) is 0 Å². The van der Waals surface area contributed by atoms with Gasteiger partial charge in [0.05, 0.1) is 30.5 Å². The van der Waals surface area contributed by atoms with Crippen molar-refractivity contribution in [1.29, 1.82) is 0 Å². The minimum Gasteiger partial charge on any atom is -0.495 e.